The van der Waals surface area contributed by atoms with Crippen LogP contribution >= 0.6 is 11.6 Å². The zero-order valence-electron chi connectivity index (χ0n) is 12.1. The lowest BCUT2D eigenvalue weighted by Crippen LogP contribution is -2.46. The van der Waals surface area contributed by atoms with E-state index in [1.165, 1.54) is 0 Å². The van der Waals surface area contributed by atoms with Crippen molar-refractivity contribution in [1.29, 1.82) is 0 Å². The molecule has 0 aliphatic heterocycles. The van der Waals surface area contributed by atoms with Gasteiger partial charge in [-0.2, -0.15) is 13.2 Å². The van der Waals surface area contributed by atoms with Gasteiger partial charge in [-0.3, -0.25) is 4.79 Å². The van der Waals surface area contributed by atoms with Crippen LogP contribution in [0.5, 0.6) is 0 Å². The van der Waals surface area contributed by atoms with Crippen LogP contribution in [0.3, 0.4) is 0 Å². The molecule has 0 radical (unpaired) electrons. The summed E-state index contributed by atoms with van der Waals surface area (Å²) in [7, 11) is 0. The van der Waals surface area contributed by atoms with Crippen LogP contribution in [-0.2, 0) is 4.79 Å². The highest BCUT2D eigenvalue weighted by molar-refractivity contribution is 6.18. The number of amides is 1. The molecular weight excluding hydrogens is 303 g/mol. The number of carbonyl (C=O) groups excluding carboxylic acids is 1. The van der Waals surface area contributed by atoms with E-state index in [9.17, 15) is 18.0 Å². The summed E-state index contributed by atoms with van der Waals surface area (Å²) in [5.74, 6) is -0.729. The van der Waals surface area contributed by atoms with Gasteiger partial charge in [-0.05, 0) is 44.4 Å². The summed E-state index contributed by atoms with van der Waals surface area (Å²) in [5, 5.41) is 3.04. The maximum atomic E-state index is 12.6. The van der Waals surface area contributed by atoms with E-state index in [0.717, 1.165) is 25.7 Å². The second kappa shape index (κ2) is 7.21. The molecule has 2 atom stereocenters. The van der Waals surface area contributed by atoms with Crippen molar-refractivity contribution in [2.24, 2.45) is 17.8 Å². The molecule has 0 aromatic heterocycles. The SMILES string of the molecule is O=C(NC1CCCCC1CCl)C1CCC(C(F)(F)F)CC1. The molecule has 0 bridgehead atoms. The van der Waals surface area contributed by atoms with Crippen molar-refractivity contribution in [3.63, 3.8) is 0 Å². The van der Waals surface area contributed by atoms with Gasteiger partial charge in [-0.15, -0.1) is 11.6 Å². The van der Waals surface area contributed by atoms with Crippen LogP contribution in [0.25, 0.3) is 0 Å². The van der Waals surface area contributed by atoms with Crippen molar-refractivity contribution in [1.82, 2.24) is 5.32 Å². The molecule has 2 nitrogen and oxygen atoms in total. The third-order valence-electron chi connectivity index (χ3n) is 5.00. The van der Waals surface area contributed by atoms with Crippen LogP contribution in [0.1, 0.15) is 51.4 Å². The van der Waals surface area contributed by atoms with E-state index < -0.39 is 12.1 Å². The Hall–Kier alpha value is -0.450. The van der Waals surface area contributed by atoms with Crippen LogP contribution < -0.4 is 5.32 Å². The highest BCUT2D eigenvalue weighted by atomic mass is 35.5. The number of alkyl halides is 4. The molecule has 0 spiro atoms. The molecule has 6 heteroatoms. The standard InChI is InChI=1S/C15H23ClF3NO/c16-9-11-3-1-2-4-13(11)20-14(21)10-5-7-12(8-6-10)15(17,18)19/h10-13H,1-9H2,(H,20,21). The first-order valence-electron chi connectivity index (χ1n) is 7.85. The molecule has 2 unspecified atom stereocenters. The molecule has 2 rings (SSSR count). The largest absolute Gasteiger partial charge is 0.391 e. The maximum Gasteiger partial charge on any atom is 0.391 e. The summed E-state index contributed by atoms with van der Waals surface area (Å²) in [4.78, 5) is 12.2. The number of hydrogen-bond acceptors (Lipinski definition) is 1. The molecule has 2 aliphatic carbocycles. The highest BCUT2D eigenvalue weighted by Crippen LogP contribution is 2.39. The average Bonchev–Trinajstić information content (AvgIpc) is 2.47. The number of hydrogen-bond donors (Lipinski definition) is 1. The van der Waals surface area contributed by atoms with Crippen molar-refractivity contribution < 1.29 is 18.0 Å². The van der Waals surface area contributed by atoms with Gasteiger partial charge in [0.2, 0.25) is 5.91 Å². The first kappa shape index (κ1) is 16.9. The lowest BCUT2D eigenvalue weighted by atomic mass is 9.80. The van der Waals surface area contributed by atoms with E-state index in [1.807, 2.05) is 0 Å². The summed E-state index contributed by atoms with van der Waals surface area (Å²) in [5.41, 5.74) is 0. The third kappa shape index (κ3) is 4.51. The molecule has 2 aliphatic rings. The lowest BCUT2D eigenvalue weighted by molar-refractivity contribution is -0.184. The average molecular weight is 326 g/mol. The van der Waals surface area contributed by atoms with E-state index in [-0.39, 0.29) is 30.7 Å². The Labute approximate surface area is 128 Å². The molecule has 0 aromatic carbocycles. The second-order valence-corrected chi connectivity index (χ2v) is 6.71. The van der Waals surface area contributed by atoms with Gasteiger partial charge < -0.3 is 5.32 Å². The quantitative estimate of drug-likeness (QED) is 0.771. The summed E-state index contributed by atoms with van der Waals surface area (Å²) >= 11 is 5.94. The van der Waals surface area contributed by atoms with Gasteiger partial charge in [0.25, 0.3) is 0 Å². The maximum absolute atomic E-state index is 12.6. The van der Waals surface area contributed by atoms with Gasteiger partial charge in [0.15, 0.2) is 0 Å². The predicted octanol–water partition coefficient (Wildman–Crippen LogP) is 4.27. The first-order valence-corrected chi connectivity index (χ1v) is 8.38. The van der Waals surface area contributed by atoms with Crippen molar-refractivity contribution in [2.75, 3.05) is 5.88 Å². The Morgan fingerprint density at radius 2 is 1.67 bits per heavy atom. The molecule has 2 fully saturated rings. The van der Waals surface area contributed by atoms with Crippen molar-refractivity contribution in [3.8, 4) is 0 Å². The fourth-order valence-corrected chi connectivity index (χ4v) is 3.94. The number of nitrogens with one attached hydrogen (secondary N) is 1. The molecule has 2 saturated carbocycles. The van der Waals surface area contributed by atoms with Gasteiger partial charge in [-0.1, -0.05) is 12.8 Å². The first-order chi connectivity index (χ1) is 9.91. The molecule has 122 valence electrons. The molecule has 0 heterocycles. The van der Waals surface area contributed by atoms with Crippen molar-refractivity contribution in [2.45, 2.75) is 63.6 Å². The Morgan fingerprint density at radius 1 is 1.05 bits per heavy atom. The van der Waals surface area contributed by atoms with E-state index in [4.69, 9.17) is 11.6 Å². The van der Waals surface area contributed by atoms with Crippen LogP contribution in [0.15, 0.2) is 0 Å². The molecule has 21 heavy (non-hydrogen) atoms. The Kier molecular flexibility index (Phi) is 5.81. The number of halogens is 4. The van der Waals surface area contributed by atoms with Gasteiger partial charge in [0, 0.05) is 17.8 Å². The van der Waals surface area contributed by atoms with Gasteiger partial charge in [-0.25, -0.2) is 0 Å². The zero-order chi connectivity index (χ0) is 15.5. The summed E-state index contributed by atoms with van der Waals surface area (Å²) in [6.45, 7) is 0. The summed E-state index contributed by atoms with van der Waals surface area (Å²) in [6.07, 6.45) is 0.892. The third-order valence-corrected chi connectivity index (χ3v) is 5.39. The topological polar surface area (TPSA) is 29.1 Å². The number of rotatable bonds is 3. The van der Waals surface area contributed by atoms with Crippen LogP contribution in [-0.4, -0.2) is 24.0 Å². The monoisotopic (exact) mass is 325 g/mol. The highest BCUT2D eigenvalue weighted by Gasteiger charge is 2.42. The Morgan fingerprint density at radius 3 is 2.24 bits per heavy atom. The molecule has 0 saturated heterocycles. The molecule has 1 amide bonds. The van der Waals surface area contributed by atoms with Crippen LogP contribution in [0.2, 0.25) is 0 Å². The predicted molar refractivity (Wildman–Crippen MR) is 76.1 cm³/mol. The summed E-state index contributed by atoms with van der Waals surface area (Å²) < 4.78 is 37.9. The number of carbonyl (C=O) groups is 1. The van der Waals surface area contributed by atoms with Gasteiger partial charge >= 0.3 is 6.18 Å². The van der Waals surface area contributed by atoms with Gasteiger partial charge in [0.1, 0.15) is 0 Å². The minimum Gasteiger partial charge on any atom is -0.353 e. The fraction of sp³-hybridized carbons (Fsp3) is 0.933. The van der Waals surface area contributed by atoms with Crippen molar-refractivity contribution in [3.05, 3.63) is 0 Å². The van der Waals surface area contributed by atoms with E-state index in [0.29, 0.717) is 24.6 Å². The van der Waals surface area contributed by atoms with Crippen molar-refractivity contribution >= 4 is 17.5 Å². The second-order valence-electron chi connectivity index (χ2n) is 6.40. The zero-order valence-corrected chi connectivity index (χ0v) is 12.8. The minimum absolute atomic E-state index is 0.0716. The van der Waals surface area contributed by atoms with Crippen LogP contribution in [0.4, 0.5) is 13.2 Å². The molecular formula is C15H23ClF3NO. The van der Waals surface area contributed by atoms with E-state index in [1.54, 1.807) is 0 Å². The van der Waals surface area contributed by atoms with Crippen LogP contribution in [0, 0.1) is 17.8 Å². The smallest absolute Gasteiger partial charge is 0.353 e. The molecule has 0 aromatic rings. The molecule has 1 N–H and O–H groups in total. The Bertz CT molecular complexity index is 353. The van der Waals surface area contributed by atoms with E-state index >= 15 is 0 Å². The normalized spacial score (nSPS) is 34.5. The summed E-state index contributed by atoms with van der Waals surface area (Å²) in [6, 6.07) is 0.101. The van der Waals surface area contributed by atoms with Gasteiger partial charge in [0.05, 0.1) is 5.92 Å². The lowest BCUT2D eigenvalue weighted by Gasteiger charge is -2.34. The minimum atomic E-state index is -4.12. The van der Waals surface area contributed by atoms with E-state index in [2.05, 4.69) is 5.32 Å². The Balaban J connectivity index is 1.82. The fourth-order valence-electron chi connectivity index (χ4n) is 3.57.